The van der Waals surface area contributed by atoms with Crippen molar-refractivity contribution in [2.75, 3.05) is 17.5 Å². The van der Waals surface area contributed by atoms with Crippen LogP contribution in [0, 0.1) is 0 Å². The van der Waals surface area contributed by atoms with Gasteiger partial charge in [-0.3, -0.25) is 0 Å². The Labute approximate surface area is 202 Å². The van der Waals surface area contributed by atoms with E-state index in [1.165, 1.54) is 6.33 Å². The summed E-state index contributed by atoms with van der Waals surface area (Å²) in [5.41, 5.74) is 1.05. The van der Waals surface area contributed by atoms with Gasteiger partial charge in [0.25, 0.3) is 10.2 Å². The number of nitrogens with two attached hydrogens (primary N) is 1. The fraction of sp³-hybridized carbons (Fsp3) is 0.263. The number of hydrogen-bond donors (Lipinski definition) is 1. The van der Waals surface area contributed by atoms with Crippen molar-refractivity contribution in [2.45, 2.75) is 19.9 Å². The lowest BCUT2D eigenvalue weighted by molar-refractivity contribution is 0.202. The first-order valence-electron chi connectivity index (χ1n) is 9.33. The average Bonchev–Trinajstić information content (AvgIpc) is 2.72. The largest absolute Gasteiger partial charge is 0.473 e. The van der Waals surface area contributed by atoms with Gasteiger partial charge in [-0.1, -0.05) is 28.1 Å². The summed E-state index contributed by atoms with van der Waals surface area (Å²) >= 11 is 6.65. The molecule has 0 bridgehead atoms. The van der Waals surface area contributed by atoms with Crippen LogP contribution in [-0.4, -0.2) is 47.6 Å². The number of nitrogens with zero attached hydrogens (tertiary/aromatic N) is 5. The van der Waals surface area contributed by atoms with E-state index in [0.29, 0.717) is 11.1 Å². The van der Waals surface area contributed by atoms with Gasteiger partial charge in [-0.2, -0.15) is 8.42 Å². The monoisotopic (exact) mass is 586 g/mol. The first-order chi connectivity index (χ1) is 15.2. The molecule has 0 amide bonds. The summed E-state index contributed by atoms with van der Waals surface area (Å²) in [4.78, 5) is 16.5. The van der Waals surface area contributed by atoms with Gasteiger partial charge in [0.15, 0.2) is 5.82 Å². The van der Waals surface area contributed by atoms with Gasteiger partial charge in [-0.05, 0) is 47.5 Å². The van der Waals surface area contributed by atoms with Crippen LogP contribution in [0.3, 0.4) is 0 Å². The fourth-order valence-corrected chi connectivity index (χ4v) is 4.25. The van der Waals surface area contributed by atoms with Crippen LogP contribution in [0.1, 0.15) is 13.8 Å². The molecule has 2 heterocycles. The molecule has 0 atom stereocenters. The molecule has 1 aromatic carbocycles. The summed E-state index contributed by atoms with van der Waals surface area (Å²) in [5.74, 6) is 0.305. The van der Waals surface area contributed by atoms with Crippen molar-refractivity contribution in [2.24, 2.45) is 5.14 Å². The number of ether oxygens (including phenoxy) is 2. The van der Waals surface area contributed by atoms with Crippen molar-refractivity contribution in [3.63, 3.8) is 0 Å². The van der Waals surface area contributed by atoms with E-state index < -0.39 is 16.3 Å². The summed E-state index contributed by atoms with van der Waals surface area (Å²) in [7, 11) is -4.10. The second kappa shape index (κ2) is 10.5. The third kappa shape index (κ3) is 6.12. The highest BCUT2D eigenvalue weighted by Crippen LogP contribution is 2.37. The lowest BCUT2D eigenvalue weighted by Crippen LogP contribution is -2.42. The zero-order valence-corrected chi connectivity index (χ0v) is 21.1. The number of hydrogen-bond acceptors (Lipinski definition) is 8. The minimum atomic E-state index is -4.10. The molecule has 32 heavy (non-hydrogen) atoms. The zero-order valence-electron chi connectivity index (χ0n) is 17.1. The van der Waals surface area contributed by atoms with E-state index in [0.717, 1.165) is 13.3 Å². The molecule has 0 radical (unpaired) electrons. The van der Waals surface area contributed by atoms with Crippen LogP contribution in [0.5, 0.6) is 11.9 Å². The van der Waals surface area contributed by atoms with Gasteiger partial charge in [0.2, 0.25) is 5.88 Å². The van der Waals surface area contributed by atoms with Gasteiger partial charge in [0.05, 0.1) is 10.0 Å². The second-order valence-corrected chi connectivity index (χ2v) is 9.95. The van der Waals surface area contributed by atoms with E-state index >= 15 is 0 Å². The van der Waals surface area contributed by atoms with E-state index in [1.807, 2.05) is 12.1 Å². The molecule has 0 fully saturated rings. The van der Waals surface area contributed by atoms with Gasteiger partial charge < -0.3 is 9.47 Å². The summed E-state index contributed by atoms with van der Waals surface area (Å²) in [6.45, 7) is 3.65. The highest BCUT2D eigenvalue weighted by molar-refractivity contribution is 9.10. The van der Waals surface area contributed by atoms with Crippen LogP contribution in [0.15, 0.2) is 51.9 Å². The number of aromatic nitrogens is 4. The number of anilines is 1. The molecule has 3 rings (SSSR count). The van der Waals surface area contributed by atoms with Gasteiger partial charge >= 0.3 is 6.01 Å². The Balaban J connectivity index is 1.92. The van der Waals surface area contributed by atoms with Crippen molar-refractivity contribution in [1.29, 1.82) is 0 Å². The fourth-order valence-electron chi connectivity index (χ4n) is 2.81. The maximum atomic E-state index is 12.3. The average molecular weight is 588 g/mol. The molecule has 10 nitrogen and oxygen atoms in total. The summed E-state index contributed by atoms with van der Waals surface area (Å²) in [5, 5.41) is 5.48. The topological polar surface area (TPSA) is 133 Å². The molecular weight excluding hydrogens is 568 g/mol. The third-order valence-corrected chi connectivity index (χ3v) is 6.11. The maximum Gasteiger partial charge on any atom is 0.316 e. The highest BCUT2D eigenvalue weighted by atomic mass is 79.9. The molecule has 0 saturated heterocycles. The molecule has 0 aliphatic carbocycles. The molecule has 2 N–H and O–H groups in total. The smallest absolute Gasteiger partial charge is 0.316 e. The Morgan fingerprint density at radius 2 is 1.59 bits per heavy atom. The molecule has 0 saturated carbocycles. The summed E-state index contributed by atoms with van der Waals surface area (Å²) < 4.78 is 38.6. The summed E-state index contributed by atoms with van der Waals surface area (Å²) in [6.07, 6.45) is 4.37. The molecule has 13 heteroatoms. The lowest BCUT2D eigenvalue weighted by atomic mass is 10.1. The lowest BCUT2D eigenvalue weighted by Gasteiger charge is -2.27. The Kier molecular flexibility index (Phi) is 7.98. The minimum Gasteiger partial charge on any atom is -0.473 e. The third-order valence-electron chi connectivity index (χ3n) is 4.03. The highest BCUT2D eigenvalue weighted by Gasteiger charge is 2.28. The van der Waals surface area contributed by atoms with Gasteiger partial charge in [-0.25, -0.2) is 29.4 Å². The van der Waals surface area contributed by atoms with Crippen molar-refractivity contribution < 1.29 is 17.9 Å². The van der Waals surface area contributed by atoms with Crippen LogP contribution in [0.4, 0.5) is 5.82 Å². The van der Waals surface area contributed by atoms with E-state index in [1.54, 1.807) is 38.4 Å². The minimum absolute atomic E-state index is 0.108. The standard InChI is InChI=1S/C19H20Br2N6O4S/c1-12(2)27(32(22,28)29)17-16(13-3-5-14(20)6-4-13)18(26-11-25-17)30-7-8-31-19-23-9-15(21)10-24-19/h3-6,9-12H,7-8H2,1-2H3,(H2,22,28,29). The number of halogens is 2. The predicted molar refractivity (Wildman–Crippen MR) is 127 cm³/mol. The predicted octanol–water partition coefficient (Wildman–Crippen LogP) is 3.33. The van der Waals surface area contributed by atoms with Crippen LogP contribution < -0.4 is 18.9 Å². The molecule has 0 spiro atoms. The van der Waals surface area contributed by atoms with Crippen molar-refractivity contribution >= 4 is 47.9 Å². The van der Waals surface area contributed by atoms with E-state index in [4.69, 9.17) is 14.6 Å². The van der Waals surface area contributed by atoms with Crippen molar-refractivity contribution in [1.82, 2.24) is 19.9 Å². The summed E-state index contributed by atoms with van der Waals surface area (Å²) in [6, 6.07) is 6.95. The van der Waals surface area contributed by atoms with Gasteiger partial charge in [0.1, 0.15) is 19.5 Å². The molecule has 0 aliphatic rings. The van der Waals surface area contributed by atoms with Crippen molar-refractivity contribution in [3.8, 4) is 23.0 Å². The molecule has 170 valence electrons. The second-order valence-electron chi connectivity index (χ2n) is 6.70. The normalized spacial score (nSPS) is 11.4. The Morgan fingerprint density at radius 1 is 0.969 bits per heavy atom. The van der Waals surface area contributed by atoms with Gasteiger partial charge in [0, 0.05) is 22.9 Å². The molecule has 2 aromatic heterocycles. The quantitative estimate of drug-likeness (QED) is 0.377. The molecule has 0 unspecified atom stereocenters. The van der Waals surface area contributed by atoms with E-state index in [2.05, 4.69) is 51.8 Å². The van der Waals surface area contributed by atoms with Crippen molar-refractivity contribution in [3.05, 3.63) is 51.9 Å². The SMILES string of the molecule is CC(C)N(c1ncnc(OCCOc2ncc(Br)cn2)c1-c1ccc(Br)cc1)S(N)(=O)=O. The van der Waals surface area contributed by atoms with Crippen LogP contribution in [-0.2, 0) is 10.2 Å². The number of benzene rings is 1. The van der Waals surface area contributed by atoms with Crippen LogP contribution in [0.25, 0.3) is 11.1 Å². The molecule has 3 aromatic rings. The Bertz CT molecular complexity index is 1160. The molecule has 0 aliphatic heterocycles. The number of rotatable bonds is 9. The van der Waals surface area contributed by atoms with E-state index in [9.17, 15) is 8.42 Å². The Hall–Kier alpha value is -2.35. The Morgan fingerprint density at radius 3 is 2.19 bits per heavy atom. The van der Waals surface area contributed by atoms with E-state index in [-0.39, 0.29) is 30.9 Å². The zero-order chi connectivity index (χ0) is 23.3. The maximum absolute atomic E-state index is 12.3. The van der Waals surface area contributed by atoms with Gasteiger partial charge in [-0.15, -0.1) is 0 Å². The van der Waals surface area contributed by atoms with Crippen LogP contribution >= 0.6 is 31.9 Å². The van der Waals surface area contributed by atoms with Crippen LogP contribution in [0.2, 0.25) is 0 Å². The molecular formula is C19H20Br2N6O4S. The first-order valence-corrected chi connectivity index (χ1v) is 12.4. The first kappa shape index (κ1) is 24.3.